The van der Waals surface area contributed by atoms with Crippen LogP contribution in [-0.4, -0.2) is 43.4 Å². The first-order chi connectivity index (χ1) is 10.6. The van der Waals surface area contributed by atoms with E-state index in [2.05, 4.69) is 4.98 Å². The number of carboxylic acid groups (broad SMARTS) is 1. The molecule has 0 atom stereocenters. The summed E-state index contributed by atoms with van der Waals surface area (Å²) < 4.78 is 10.7. The molecule has 116 valence electrons. The van der Waals surface area contributed by atoms with Crippen LogP contribution in [0.15, 0.2) is 42.5 Å². The minimum atomic E-state index is -1.04. The normalized spacial score (nSPS) is 10.1. The summed E-state index contributed by atoms with van der Waals surface area (Å²) in [6.45, 7) is 1.05. The summed E-state index contributed by atoms with van der Waals surface area (Å²) in [6, 6.07) is 12.2. The quantitative estimate of drug-likeness (QED) is 0.846. The van der Waals surface area contributed by atoms with Gasteiger partial charge in [0.2, 0.25) is 0 Å². The van der Waals surface area contributed by atoms with Gasteiger partial charge in [-0.1, -0.05) is 6.07 Å². The Morgan fingerprint density at radius 1 is 1.18 bits per heavy atom. The average molecular weight is 302 g/mol. The van der Waals surface area contributed by atoms with Gasteiger partial charge in [0.15, 0.2) is 5.69 Å². The molecule has 0 unspecified atom stereocenters. The first kappa shape index (κ1) is 15.6. The Hall–Kier alpha value is -2.76. The number of benzene rings is 1. The van der Waals surface area contributed by atoms with Crippen LogP contribution >= 0.6 is 0 Å². The Morgan fingerprint density at radius 3 is 2.50 bits per heavy atom. The van der Waals surface area contributed by atoms with Crippen molar-refractivity contribution in [1.29, 1.82) is 0 Å². The molecular weight excluding hydrogens is 284 g/mol. The van der Waals surface area contributed by atoms with Gasteiger partial charge in [-0.15, -0.1) is 0 Å². The maximum absolute atomic E-state index is 10.9. The number of aromatic nitrogens is 1. The number of hydrogen-bond acceptors (Lipinski definition) is 5. The molecule has 2 aromatic rings. The number of carboxylic acids is 1. The van der Waals surface area contributed by atoms with Crippen LogP contribution in [0.3, 0.4) is 0 Å². The highest BCUT2D eigenvalue weighted by Crippen LogP contribution is 2.17. The van der Waals surface area contributed by atoms with Crippen molar-refractivity contribution < 1.29 is 19.4 Å². The van der Waals surface area contributed by atoms with Crippen LogP contribution in [0.4, 0.5) is 5.82 Å². The molecule has 6 heteroatoms. The Labute approximate surface area is 128 Å². The number of pyridine rings is 1. The van der Waals surface area contributed by atoms with Crippen LogP contribution in [-0.2, 0) is 0 Å². The molecule has 22 heavy (non-hydrogen) atoms. The van der Waals surface area contributed by atoms with Gasteiger partial charge in [-0.3, -0.25) is 0 Å². The van der Waals surface area contributed by atoms with E-state index in [9.17, 15) is 4.79 Å². The molecule has 0 spiro atoms. The van der Waals surface area contributed by atoms with Crippen LogP contribution in [0, 0.1) is 0 Å². The Bertz CT molecular complexity index is 628. The molecule has 0 amide bonds. The number of anilines is 1. The van der Waals surface area contributed by atoms with Crippen molar-refractivity contribution in [1.82, 2.24) is 4.98 Å². The number of aromatic carboxylic acids is 1. The lowest BCUT2D eigenvalue weighted by atomic mass is 10.3. The highest BCUT2D eigenvalue weighted by atomic mass is 16.5. The lowest BCUT2D eigenvalue weighted by molar-refractivity contribution is 0.0690. The maximum atomic E-state index is 10.9. The molecule has 0 aliphatic rings. The van der Waals surface area contributed by atoms with E-state index < -0.39 is 5.97 Å². The summed E-state index contributed by atoms with van der Waals surface area (Å²) in [4.78, 5) is 16.8. The highest BCUT2D eigenvalue weighted by molar-refractivity contribution is 5.85. The summed E-state index contributed by atoms with van der Waals surface area (Å²) in [5, 5.41) is 8.94. The van der Waals surface area contributed by atoms with Gasteiger partial charge >= 0.3 is 5.97 Å². The van der Waals surface area contributed by atoms with Crippen molar-refractivity contribution >= 4 is 11.8 Å². The molecule has 1 aromatic carbocycles. The fourth-order valence-corrected chi connectivity index (χ4v) is 1.84. The zero-order valence-corrected chi connectivity index (χ0v) is 12.5. The number of hydrogen-bond donors (Lipinski definition) is 1. The molecule has 6 nitrogen and oxygen atoms in total. The maximum Gasteiger partial charge on any atom is 0.354 e. The Morgan fingerprint density at radius 2 is 1.86 bits per heavy atom. The van der Waals surface area contributed by atoms with E-state index in [1.54, 1.807) is 19.2 Å². The van der Waals surface area contributed by atoms with Gasteiger partial charge in [0, 0.05) is 7.05 Å². The lowest BCUT2D eigenvalue weighted by Crippen LogP contribution is -2.25. The van der Waals surface area contributed by atoms with Crippen LogP contribution in [0.2, 0.25) is 0 Å². The SMILES string of the molecule is COc1ccc(OCCN(C)c2cccc(C(=O)O)n2)cc1. The van der Waals surface area contributed by atoms with Crippen molar-refractivity contribution in [2.24, 2.45) is 0 Å². The van der Waals surface area contributed by atoms with Crippen LogP contribution in [0.5, 0.6) is 11.5 Å². The third-order valence-electron chi connectivity index (χ3n) is 3.10. The molecule has 0 saturated heterocycles. The molecule has 0 radical (unpaired) electrons. The third kappa shape index (κ3) is 4.12. The molecule has 1 aromatic heterocycles. The molecule has 0 fully saturated rings. The number of rotatable bonds is 7. The molecule has 1 N–H and O–H groups in total. The largest absolute Gasteiger partial charge is 0.497 e. The molecule has 0 aliphatic heterocycles. The fraction of sp³-hybridized carbons (Fsp3) is 0.250. The van der Waals surface area contributed by atoms with Crippen LogP contribution in [0.1, 0.15) is 10.5 Å². The summed E-state index contributed by atoms with van der Waals surface area (Å²) in [5.74, 6) is 1.09. The van der Waals surface area contributed by atoms with Crippen molar-refractivity contribution in [3.63, 3.8) is 0 Å². The Balaban J connectivity index is 1.88. The minimum absolute atomic E-state index is 0.0282. The summed E-state index contributed by atoms with van der Waals surface area (Å²) in [5.41, 5.74) is 0.0282. The number of ether oxygens (including phenoxy) is 2. The van der Waals surface area contributed by atoms with Gasteiger partial charge < -0.3 is 19.5 Å². The second-order valence-electron chi connectivity index (χ2n) is 4.63. The summed E-state index contributed by atoms with van der Waals surface area (Å²) >= 11 is 0. The van der Waals surface area contributed by atoms with Gasteiger partial charge in [0.25, 0.3) is 0 Å². The van der Waals surface area contributed by atoms with Crippen LogP contribution < -0.4 is 14.4 Å². The average Bonchev–Trinajstić information content (AvgIpc) is 2.55. The molecule has 0 bridgehead atoms. The van der Waals surface area contributed by atoms with E-state index in [4.69, 9.17) is 14.6 Å². The van der Waals surface area contributed by atoms with E-state index in [-0.39, 0.29) is 5.69 Å². The Kier molecular flexibility index (Phi) is 5.19. The second kappa shape index (κ2) is 7.31. The van der Waals surface area contributed by atoms with E-state index >= 15 is 0 Å². The van der Waals surface area contributed by atoms with Gasteiger partial charge in [-0.2, -0.15) is 0 Å². The van der Waals surface area contributed by atoms with Crippen LogP contribution in [0.25, 0.3) is 0 Å². The fourth-order valence-electron chi connectivity index (χ4n) is 1.84. The highest BCUT2D eigenvalue weighted by Gasteiger charge is 2.08. The van der Waals surface area contributed by atoms with Crippen molar-refractivity contribution in [3.05, 3.63) is 48.2 Å². The first-order valence-corrected chi connectivity index (χ1v) is 6.78. The first-order valence-electron chi connectivity index (χ1n) is 6.78. The topological polar surface area (TPSA) is 71.9 Å². The summed E-state index contributed by atoms with van der Waals surface area (Å²) in [7, 11) is 3.45. The predicted molar refractivity (Wildman–Crippen MR) is 83.0 cm³/mol. The number of likely N-dealkylation sites (N-methyl/N-ethyl adjacent to an activating group) is 1. The summed E-state index contributed by atoms with van der Waals surface area (Å²) in [6.07, 6.45) is 0. The molecule has 2 rings (SSSR count). The third-order valence-corrected chi connectivity index (χ3v) is 3.10. The zero-order chi connectivity index (χ0) is 15.9. The predicted octanol–water partition coefficient (Wildman–Crippen LogP) is 2.30. The standard InChI is InChI=1S/C16H18N2O4/c1-18(15-5-3-4-14(17-15)16(19)20)10-11-22-13-8-6-12(21-2)7-9-13/h3-9H,10-11H2,1-2H3,(H,19,20). The monoisotopic (exact) mass is 302 g/mol. The number of methoxy groups -OCH3 is 1. The molecule has 0 aliphatic carbocycles. The van der Waals surface area contributed by atoms with Crippen molar-refractivity contribution in [2.45, 2.75) is 0 Å². The van der Waals surface area contributed by atoms with Gasteiger partial charge in [-0.25, -0.2) is 9.78 Å². The molecule has 1 heterocycles. The molecule has 0 saturated carbocycles. The molecular formula is C16H18N2O4. The van der Waals surface area contributed by atoms with Gasteiger partial charge in [-0.05, 0) is 36.4 Å². The lowest BCUT2D eigenvalue weighted by Gasteiger charge is -2.18. The van der Waals surface area contributed by atoms with Gasteiger partial charge in [0.1, 0.15) is 23.9 Å². The van der Waals surface area contributed by atoms with E-state index in [1.807, 2.05) is 36.2 Å². The van der Waals surface area contributed by atoms with E-state index in [1.165, 1.54) is 6.07 Å². The minimum Gasteiger partial charge on any atom is -0.497 e. The van der Waals surface area contributed by atoms with Crippen molar-refractivity contribution in [2.75, 3.05) is 32.2 Å². The second-order valence-corrected chi connectivity index (χ2v) is 4.63. The smallest absolute Gasteiger partial charge is 0.354 e. The van der Waals surface area contributed by atoms with Crippen molar-refractivity contribution in [3.8, 4) is 11.5 Å². The van der Waals surface area contributed by atoms with Gasteiger partial charge in [0.05, 0.1) is 13.7 Å². The van der Waals surface area contributed by atoms with E-state index in [0.29, 0.717) is 19.0 Å². The zero-order valence-electron chi connectivity index (χ0n) is 12.5. The number of carbonyl (C=O) groups is 1. The number of nitrogens with zero attached hydrogens (tertiary/aromatic N) is 2. The van der Waals surface area contributed by atoms with E-state index in [0.717, 1.165) is 11.5 Å².